The van der Waals surface area contributed by atoms with Crippen molar-refractivity contribution in [3.8, 4) is 0 Å². The van der Waals surface area contributed by atoms with Gasteiger partial charge in [0.1, 0.15) is 24.4 Å². The molecule has 434 valence electrons. The van der Waals surface area contributed by atoms with E-state index >= 15 is 0 Å². The molecule has 9 N–H and O–H groups in total. The summed E-state index contributed by atoms with van der Waals surface area (Å²) in [4.78, 5) is 31.0. The number of rotatable bonds is 50. The highest BCUT2D eigenvalue weighted by Crippen LogP contribution is 2.17. The van der Waals surface area contributed by atoms with Crippen molar-refractivity contribution >= 4 is 17.9 Å². The maximum Gasteiger partial charge on any atom is 0.303 e. The molecule has 0 aromatic carbocycles. The highest BCUT2D eigenvalue weighted by molar-refractivity contribution is 5.67. The summed E-state index contributed by atoms with van der Waals surface area (Å²) in [5.74, 6) is 0.636. The summed E-state index contributed by atoms with van der Waals surface area (Å²) < 4.78 is 0. The fourth-order valence-electron chi connectivity index (χ4n) is 8.46. The fraction of sp³-hybridized carbons (Fsp3) is 0.950. The summed E-state index contributed by atoms with van der Waals surface area (Å²) >= 11 is 0. The van der Waals surface area contributed by atoms with Gasteiger partial charge in [-0.1, -0.05) is 273 Å². The minimum absolute atomic E-state index is 0.344. The van der Waals surface area contributed by atoms with Gasteiger partial charge >= 0.3 is 17.9 Å². The molecule has 0 aliphatic rings. The molecular formula is C60H122O12. The summed E-state index contributed by atoms with van der Waals surface area (Å²) in [6, 6.07) is 0. The van der Waals surface area contributed by atoms with Crippen LogP contribution in [0, 0.1) is 17.8 Å². The molecule has 0 radical (unpaired) electrons. The number of carboxylic acids is 3. The van der Waals surface area contributed by atoms with E-state index in [-0.39, 0.29) is 0 Å². The van der Waals surface area contributed by atoms with Gasteiger partial charge in [-0.2, -0.15) is 0 Å². The van der Waals surface area contributed by atoms with Crippen LogP contribution < -0.4 is 0 Å². The third-order valence-electron chi connectivity index (χ3n) is 13.3. The molecule has 0 aliphatic heterocycles. The lowest BCUT2D eigenvalue weighted by molar-refractivity contribution is -0.138. The smallest absolute Gasteiger partial charge is 0.303 e. The van der Waals surface area contributed by atoms with Crippen molar-refractivity contribution in [2.75, 3.05) is 13.2 Å². The first-order valence-electron chi connectivity index (χ1n) is 30.0. The number of hydrogen-bond donors (Lipinski definition) is 9. The van der Waals surface area contributed by atoms with E-state index in [9.17, 15) is 14.4 Å². The van der Waals surface area contributed by atoms with Gasteiger partial charge in [0.2, 0.25) is 0 Å². The van der Waals surface area contributed by atoms with E-state index in [2.05, 4.69) is 41.5 Å². The van der Waals surface area contributed by atoms with Gasteiger partial charge in [0.25, 0.3) is 0 Å². The van der Waals surface area contributed by atoms with Crippen LogP contribution in [-0.4, -0.2) is 101 Å². The Bertz CT molecular complexity index is 964. The Morgan fingerprint density at radius 2 is 0.403 bits per heavy atom. The van der Waals surface area contributed by atoms with Crippen LogP contribution in [0.4, 0.5) is 0 Å². The van der Waals surface area contributed by atoms with Crippen LogP contribution in [0.2, 0.25) is 0 Å². The van der Waals surface area contributed by atoms with E-state index in [0.29, 0.717) is 19.3 Å². The largest absolute Gasteiger partial charge is 0.481 e. The Balaban J connectivity index is -0.000000435. The van der Waals surface area contributed by atoms with Crippen molar-refractivity contribution in [3.63, 3.8) is 0 Å². The molecule has 0 unspecified atom stereocenters. The molecule has 0 bridgehead atoms. The van der Waals surface area contributed by atoms with Crippen molar-refractivity contribution in [2.24, 2.45) is 17.8 Å². The van der Waals surface area contributed by atoms with Crippen molar-refractivity contribution < 1.29 is 60.3 Å². The Morgan fingerprint density at radius 3 is 0.528 bits per heavy atom. The number of aliphatic hydroxyl groups excluding tert-OH is 6. The third-order valence-corrected chi connectivity index (χ3v) is 13.3. The van der Waals surface area contributed by atoms with Gasteiger partial charge in [-0.3, -0.25) is 14.4 Å². The minimum atomic E-state index is -1.67. The molecule has 72 heavy (non-hydrogen) atoms. The summed E-state index contributed by atoms with van der Waals surface area (Å²) in [7, 11) is 0. The van der Waals surface area contributed by atoms with Crippen LogP contribution in [0.25, 0.3) is 0 Å². The number of carbonyl (C=O) groups is 3. The molecule has 0 fully saturated rings. The second kappa shape index (κ2) is 61.7. The topological polar surface area (TPSA) is 233 Å². The Labute approximate surface area is 443 Å². The zero-order chi connectivity index (χ0) is 54.9. The number of aliphatic carboxylic acids is 3. The van der Waals surface area contributed by atoms with Crippen LogP contribution in [0.3, 0.4) is 0 Å². The molecule has 0 heterocycles. The zero-order valence-electron chi connectivity index (χ0n) is 47.9. The van der Waals surface area contributed by atoms with Gasteiger partial charge < -0.3 is 46.0 Å². The van der Waals surface area contributed by atoms with E-state index in [1.807, 2.05) is 0 Å². The van der Waals surface area contributed by atoms with E-state index in [0.717, 1.165) is 56.3 Å². The van der Waals surface area contributed by atoms with Crippen molar-refractivity contribution in [1.82, 2.24) is 0 Å². The molecule has 0 saturated carbocycles. The van der Waals surface area contributed by atoms with Crippen molar-refractivity contribution in [1.29, 1.82) is 0 Å². The lowest BCUT2D eigenvalue weighted by Gasteiger charge is -2.24. The standard InChI is InChI=1S/3C18H36O2.C6H14O6/c3*1-17(2)15-13-11-9-7-5-3-4-6-8-10-12-14-16-18(19)20;7-1-3(9)5(11)6(12)4(10)2-8/h3*17H,3-16H2,1-2H3,(H,19,20);3-12H,1-2H2/t;;;3-,4+,5-,6-/m...1/s1. The van der Waals surface area contributed by atoms with Crippen LogP contribution >= 0.6 is 0 Å². The van der Waals surface area contributed by atoms with E-state index < -0.39 is 55.5 Å². The molecule has 12 nitrogen and oxygen atoms in total. The highest BCUT2D eigenvalue weighted by Gasteiger charge is 2.29. The number of aliphatic hydroxyl groups is 6. The molecule has 0 saturated heterocycles. The minimum Gasteiger partial charge on any atom is -0.481 e. The lowest BCUT2D eigenvalue weighted by Crippen LogP contribution is -2.46. The molecule has 0 spiro atoms. The average molecular weight is 1040 g/mol. The van der Waals surface area contributed by atoms with E-state index in [1.165, 1.54) is 212 Å². The fourth-order valence-corrected chi connectivity index (χ4v) is 8.46. The second-order valence-electron chi connectivity index (χ2n) is 22.2. The van der Waals surface area contributed by atoms with Gasteiger partial charge in [-0.15, -0.1) is 0 Å². The van der Waals surface area contributed by atoms with Crippen LogP contribution in [0.5, 0.6) is 0 Å². The monoisotopic (exact) mass is 1030 g/mol. The van der Waals surface area contributed by atoms with E-state index in [1.54, 1.807) is 0 Å². The molecule has 0 rings (SSSR count). The van der Waals surface area contributed by atoms with Crippen LogP contribution in [0.15, 0.2) is 0 Å². The quantitative estimate of drug-likeness (QED) is 0.0259. The second-order valence-corrected chi connectivity index (χ2v) is 22.2. The van der Waals surface area contributed by atoms with Crippen molar-refractivity contribution in [3.05, 3.63) is 0 Å². The maximum absolute atomic E-state index is 10.3. The number of hydrogen-bond acceptors (Lipinski definition) is 9. The molecule has 12 heteroatoms. The predicted molar refractivity (Wildman–Crippen MR) is 300 cm³/mol. The zero-order valence-corrected chi connectivity index (χ0v) is 47.9. The van der Waals surface area contributed by atoms with Crippen LogP contribution in [0.1, 0.15) is 311 Å². The summed E-state index contributed by atoms with van der Waals surface area (Å²) in [6.07, 6.45) is 45.6. The highest BCUT2D eigenvalue weighted by atomic mass is 16.4. The molecule has 4 atom stereocenters. The van der Waals surface area contributed by atoms with Gasteiger partial charge in [0.15, 0.2) is 0 Å². The first-order valence-corrected chi connectivity index (χ1v) is 30.0. The predicted octanol–water partition coefficient (Wildman–Crippen LogP) is 15.0. The average Bonchev–Trinajstić information content (AvgIpc) is 3.33. The maximum atomic E-state index is 10.3. The first-order chi connectivity index (χ1) is 34.4. The Morgan fingerprint density at radius 1 is 0.264 bits per heavy atom. The van der Waals surface area contributed by atoms with Gasteiger partial charge in [0, 0.05) is 19.3 Å². The summed E-state index contributed by atoms with van der Waals surface area (Å²) in [5, 5.41) is 77.7. The lowest BCUT2D eigenvalue weighted by atomic mass is 10.0. The first kappa shape index (κ1) is 76.7. The molecule has 0 amide bonds. The number of unbranched alkanes of at least 4 members (excludes halogenated alkanes) is 33. The summed E-state index contributed by atoms with van der Waals surface area (Å²) in [5.41, 5.74) is 0. The van der Waals surface area contributed by atoms with Gasteiger partial charge in [-0.25, -0.2) is 0 Å². The molecule has 0 aromatic rings. The third kappa shape index (κ3) is 72.4. The van der Waals surface area contributed by atoms with Gasteiger partial charge in [-0.05, 0) is 37.0 Å². The SMILES string of the molecule is CC(C)CCCCCCCCCCCCCCC(=O)O.CC(C)CCCCCCCCCCCCCCC(=O)O.CC(C)CCCCCCCCCCCCCCC(=O)O.OC[C@@H](O)[C@@H](O)[C@H](O)[C@@H](O)CO. The van der Waals surface area contributed by atoms with Crippen LogP contribution in [-0.2, 0) is 14.4 Å². The molecular weight excluding hydrogens is 913 g/mol. The summed E-state index contributed by atoms with van der Waals surface area (Å²) in [6.45, 7) is 12.4. The van der Waals surface area contributed by atoms with Crippen molar-refractivity contribution in [2.45, 2.75) is 336 Å². The Kier molecular flexibility index (Phi) is 65.7. The Hall–Kier alpha value is -1.83. The normalized spacial score (nSPS) is 12.9. The van der Waals surface area contributed by atoms with Gasteiger partial charge in [0.05, 0.1) is 13.2 Å². The molecule has 0 aromatic heterocycles. The van der Waals surface area contributed by atoms with E-state index in [4.69, 9.17) is 46.0 Å². The number of carboxylic acid groups (broad SMARTS) is 3. The molecule has 0 aliphatic carbocycles.